The Labute approximate surface area is 163 Å². The van der Waals surface area contributed by atoms with Crippen molar-refractivity contribution < 1.29 is 19.2 Å². The zero-order chi connectivity index (χ0) is 20.7. The molecule has 0 aliphatic heterocycles. The van der Waals surface area contributed by atoms with Crippen LogP contribution in [-0.4, -0.2) is 22.9 Å². The van der Waals surface area contributed by atoms with Crippen LogP contribution in [0, 0.1) is 17.0 Å². The van der Waals surface area contributed by atoms with E-state index in [9.17, 15) is 19.7 Å². The number of hydrogen-bond acceptors (Lipinski definition) is 5. The molecular weight excluding hydrogens is 360 g/mol. The summed E-state index contributed by atoms with van der Waals surface area (Å²) in [7, 11) is 0. The van der Waals surface area contributed by atoms with Crippen LogP contribution in [0.15, 0.2) is 48.5 Å². The van der Waals surface area contributed by atoms with E-state index in [0.717, 1.165) is 29.3 Å². The molecule has 7 heteroatoms. The summed E-state index contributed by atoms with van der Waals surface area (Å²) < 4.78 is 5.13. The first-order valence-electron chi connectivity index (χ1n) is 8.84. The summed E-state index contributed by atoms with van der Waals surface area (Å²) in [6, 6.07) is 11.6. The fourth-order valence-electron chi connectivity index (χ4n) is 2.60. The van der Waals surface area contributed by atoms with Crippen LogP contribution in [-0.2, 0) is 20.7 Å². The van der Waals surface area contributed by atoms with Gasteiger partial charge < -0.3 is 10.1 Å². The predicted octanol–water partition coefficient (Wildman–Crippen LogP) is 4.05. The SMILES string of the molecule is CCc1cccc(C)c1NC(=O)[C@H](C)OC(=O)/C=C/c1cccc([N+](=O)[O-])c1. The first kappa shape index (κ1) is 20.8. The number of benzene rings is 2. The second-order valence-electron chi connectivity index (χ2n) is 6.22. The molecule has 1 amide bonds. The van der Waals surface area contributed by atoms with E-state index >= 15 is 0 Å². The van der Waals surface area contributed by atoms with Crippen molar-refractivity contribution in [3.63, 3.8) is 0 Å². The summed E-state index contributed by atoms with van der Waals surface area (Å²) in [6.07, 6.45) is 2.30. The van der Waals surface area contributed by atoms with Crippen LogP contribution >= 0.6 is 0 Å². The number of aryl methyl sites for hydroxylation is 2. The maximum Gasteiger partial charge on any atom is 0.331 e. The Morgan fingerprint density at radius 1 is 1.25 bits per heavy atom. The van der Waals surface area contributed by atoms with Crippen molar-refractivity contribution >= 4 is 29.3 Å². The fraction of sp³-hybridized carbons (Fsp3) is 0.238. The van der Waals surface area contributed by atoms with Gasteiger partial charge in [0.15, 0.2) is 6.10 Å². The third-order valence-corrected chi connectivity index (χ3v) is 4.14. The number of nitro benzene ring substituents is 1. The molecule has 1 atom stereocenters. The molecule has 7 nitrogen and oxygen atoms in total. The third kappa shape index (κ3) is 5.51. The van der Waals surface area contributed by atoms with Gasteiger partial charge in [0.2, 0.25) is 0 Å². The zero-order valence-electron chi connectivity index (χ0n) is 16.0. The summed E-state index contributed by atoms with van der Waals surface area (Å²) in [5.74, 6) is -1.14. The molecule has 0 bridgehead atoms. The molecule has 0 aliphatic carbocycles. The summed E-state index contributed by atoms with van der Waals surface area (Å²) in [6.45, 7) is 5.37. The van der Waals surface area contributed by atoms with Gasteiger partial charge in [-0.2, -0.15) is 0 Å². The van der Waals surface area contributed by atoms with Crippen LogP contribution in [0.25, 0.3) is 6.08 Å². The van der Waals surface area contributed by atoms with E-state index in [4.69, 9.17) is 4.74 Å². The molecule has 0 saturated carbocycles. The number of non-ortho nitro benzene ring substituents is 1. The third-order valence-electron chi connectivity index (χ3n) is 4.14. The second kappa shape index (κ2) is 9.45. The molecule has 2 rings (SSSR count). The fourth-order valence-corrected chi connectivity index (χ4v) is 2.60. The number of hydrogen-bond donors (Lipinski definition) is 1. The van der Waals surface area contributed by atoms with Gasteiger partial charge >= 0.3 is 5.97 Å². The Morgan fingerprint density at radius 3 is 2.64 bits per heavy atom. The number of nitrogens with zero attached hydrogens (tertiary/aromatic N) is 1. The summed E-state index contributed by atoms with van der Waals surface area (Å²) in [4.78, 5) is 34.6. The smallest absolute Gasteiger partial charge is 0.331 e. The highest BCUT2D eigenvalue weighted by atomic mass is 16.6. The maximum absolute atomic E-state index is 12.4. The molecule has 0 aromatic heterocycles. The van der Waals surface area contributed by atoms with Gasteiger partial charge in [0.25, 0.3) is 11.6 Å². The molecule has 28 heavy (non-hydrogen) atoms. The lowest BCUT2D eigenvalue weighted by atomic mass is 10.1. The van der Waals surface area contributed by atoms with Crippen LogP contribution in [0.1, 0.15) is 30.5 Å². The molecule has 146 valence electrons. The zero-order valence-corrected chi connectivity index (χ0v) is 16.0. The Hall–Kier alpha value is -3.48. The van der Waals surface area contributed by atoms with Crippen LogP contribution < -0.4 is 5.32 Å². The molecule has 0 unspecified atom stereocenters. The molecule has 0 fully saturated rings. The molecule has 0 saturated heterocycles. The summed E-state index contributed by atoms with van der Waals surface area (Å²) >= 11 is 0. The van der Waals surface area contributed by atoms with Crippen molar-refractivity contribution in [1.82, 2.24) is 0 Å². The Morgan fingerprint density at radius 2 is 1.96 bits per heavy atom. The molecule has 0 aliphatic rings. The van der Waals surface area contributed by atoms with Crippen LogP contribution in [0.3, 0.4) is 0 Å². The molecule has 1 N–H and O–H groups in total. The van der Waals surface area contributed by atoms with Crippen molar-refractivity contribution in [3.8, 4) is 0 Å². The van der Waals surface area contributed by atoms with E-state index in [1.165, 1.54) is 31.2 Å². The lowest BCUT2D eigenvalue weighted by Crippen LogP contribution is -2.30. The van der Waals surface area contributed by atoms with Gasteiger partial charge in [0.1, 0.15) is 0 Å². The Balaban J connectivity index is 1.99. The Bertz CT molecular complexity index is 921. The van der Waals surface area contributed by atoms with Crippen LogP contribution in [0.2, 0.25) is 0 Å². The minimum absolute atomic E-state index is 0.0757. The summed E-state index contributed by atoms with van der Waals surface area (Å²) in [5.41, 5.74) is 3.06. The number of rotatable bonds is 7. The normalized spacial score (nSPS) is 11.8. The molecule has 2 aromatic rings. The standard InChI is InChI=1S/C21H22N2O5/c1-4-17-9-5-7-14(2)20(17)22-21(25)15(3)28-19(24)12-11-16-8-6-10-18(13-16)23(26)27/h5-13,15H,4H2,1-3H3,(H,22,25)/b12-11+/t15-/m0/s1. The second-order valence-corrected chi connectivity index (χ2v) is 6.22. The lowest BCUT2D eigenvalue weighted by Gasteiger charge is -2.16. The summed E-state index contributed by atoms with van der Waals surface area (Å²) in [5, 5.41) is 13.6. The maximum atomic E-state index is 12.4. The number of amides is 1. The minimum atomic E-state index is -0.994. The van der Waals surface area contributed by atoms with Gasteiger partial charge in [-0.15, -0.1) is 0 Å². The van der Waals surface area contributed by atoms with Gasteiger partial charge in [-0.3, -0.25) is 14.9 Å². The van der Waals surface area contributed by atoms with E-state index < -0.39 is 22.9 Å². The highest BCUT2D eigenvalue weighted by Crippen LogP contribution is 2.21. The first-order chi connectivity index (χ1) is 13.3. The number of carbonyl (C=O) groups excluding carboxylic acids is 2. The van der Waals surface area contributed by atoms with E-state index in [0.29, 0.717) is 5.56 Å². The van der Waals surface area contributed by atoms with Crippen molar-refractivity contribution in [2.45, 2.75) is 33.3 Å². The van der Waals surface area contributed by atoms with Crippen molar-refractivity contribution in [2.75, 3.05) is 5.32 Å². The van der Waals surface area contributed by atoms with Gasteiger partial charge in [-0.05, 0) is 43.0 Å². The highest BCUT2D eigenvalue weighted by molar-refractivity contribution is 5.97. The first-order valence-corrected chi connectivity index (χ1v) is 8.84. The largest absolute Gasteiger partial charge is 0.449 e. The number of anilines is 1. The van der Waals surface area contributed by atoms with Crippen molar-refractivity contribution in [1.29, 1.82) is 0 Å². The van der Waals surface area contributed by atoms with Gasteiger partial charge in [-0.1, -0.05) is 37.3 Å². The number of esters is 1. The minimum Gasteiger partial charge on any atom is -0.449 e. The topological polar surface area (TPSA) is 98.5 Å². The van der Waals surface area contributed by atoms with Crippen LogP contribution in [0.5, 0.6) is 0 Å². The molecule has 0 radical (unpaired) electrons. The van der Waals surface area contributed by atoms with Gasteiger partial charge in [0, 0.05) is 23.9 Å². The number of nitro groups is 1. The van der Waals surface area contributed by atoms with Crippen molar-refractivity contribution in [3.05, 3.63) is 75.3 Å². The number of carbonyl (C=O) groups is 2. The number of nitrogens with one attached hydrogen (secondary N) is 1. The van der Waals surface area contributed by atoms with E-state index in [-0.39, 0.29) is 5.69 Å². The van der Waals surface area contributed by atoms with Gasteiger partial charge in [-0.25, -0.2) is 4.79 Å². The Kier molecular flexibility index (Phi) is 7.03. The van der Waals surface area contributed by atoms with Crippen LogP contribution in [0.4, 0.5) is 11.4 Å². The lowest BCUT2D eigenvalue weighted by molar-refractivity contribution is -0.384. The monoisotopic (exact) mass is 382 g/mol. The highest BCUT2D eigenvalue weighted by Gasteiger charge is 2.18. The molecule has 0 heterocycles. The van der Waals surface area contributed by atoms with E-state index in [2.05, 4.69) is 5.32 Å². The predicted molar refractivity (Wildman–Crippen MR) is 107 cm³/mol. The van der Waals surface area contributed by atoms with Gasteiger partial charge in [0.05, 0.1) is 4.92 Å². The van der Waals surface area contributed by atoms with E-state index in [1.54, 1.807) is 6.07 Å². The molecular formula is C21H22N2O5. The molecule has 2 aromatic carbocycles. The molecule has 0 spiro atoms. The quantitative estimate of drug-likeness (QED) is 0.337. The van der Waals surface area contributed by atoms with E-state index in [1.807, 2.05) is 32.0 Å². The van der Waals surface area contributed by atoms with Crippen molar-refractivity contribution in [2.24, 2.45) is 0 Å². The number of para-hydroxylation sites is 1. The average molecular weight is 382 g/mol. The number of ether oxygens (including phenoxy) is 1. The average Bonchev–Trinajstić information content (AvgIpc) is 2.68.